The van der Waals surface area contributed by atoms with E-state index in [2.05, 4.69) is 37.9 Å². The van der Waals surface area contributed by atoms with Gasteiger partial charge in [0.2, 0.25) is 0 Å². The first-order valence-electron chi connectivity index (χ1n) is 7.79. The van der Waals surface area contributed by atoms with E-state index in [0.29, 0.717) is 0 Å². The average Bonchev–Trinajstić information content (AvgIpc) is 2.48. The molecule has 0 aliphatic carbocycles. The van der Waals surface area contributed by atoms with E-state index in [0.717, 1.165) is 44.0 Å². The van der Waals surface area contributed by atoms with E-state index in [-0.39, 0.29) is 17.4 Å². The Bertz CT molecular complexity index is 470. The number of nitrogens with one attached hydrogen (secondary N) is 1. The molecular formula is C17H27FN2O. The smallest absolute Gasteiger partial charge is 0.123 e. The summed E-state index contributed by atoms with van der Waals surface area (Å²) in [4.78, 5) is 2.44. The Labute approximate surface area is 127 Å². The number of likely N-dealkylation sites (N-methyl/N-ethyl adjacent to an activating group) is 1. The summed E-state index contributed by atoms with van der Waals surface area (Å²) in [6.07, 6.45) is 0. The summed E-state index contributed by atoms with van der Waals surface area (Å²) in [5.74, 6) is -0.170. The van der Waals surface area contributed by atoms with Gasteiger partial charge in [-0.25, -0.2) is 4.39 Å². The number of nitrogens with zero attached hydrogens (tertiary/aromatic N) is 1. The van der Waals surface area contributed by atoms with Crippen LogP contribution in [0.4, 0.5) is 4.39 Å². The van der Waals surface area contributed by atoms with Gasteiger partial charge in [0, 0.05) is 18.6 Å². The fourth-order valence-corrected chi connectivity index (χ4v) is 3.19. The number of rotatable bonds is 5. The van der Waals surface area contributed by atoms with Crippen molar-refractivity contribution in [3.63, 3.8) is 0 Å². The predicted octanol–water partition coefficient (Wildman–Crippen LogP) is 2.90. The van der Waals surface area contributed by atoms with Crippen LogP contribution in [-0.2, 0) is 4.74 Å². The van der Waals surface area contributed by atoms with Crippen LogP contribution in [-0.4, -0.2) is 43.3 Å². The van der Waals surface area contributed by atoms with Crippen LogP contribution in [0.3, 0.4) is 0 Å². The minimum Gasteiger partial charge on any atom is -0.379 e. The summed E-state index contributed by atoms with van der Waals surface area (Å²) in [7, 11) is 0. The van der Waals surface area contributed by atoms with Crippen molar-refractivity contribution < 1.29 is 9.13 Å². The topological polar surface area (TPSA) is 24.5 Å². The quantitative estimate of drug-likeness (QED) is 0.904. The van der Waals surface area contributed by atoms with Crippen LogP contribution in [0, 0.1) is 12.7 Å². The van der Waals surface area contributed by atoms with E-state index in [9.17, 15) is 4.39 Å². The fourth-order valence-electron chi connectivity index (χ4n) is 3.19. The monoisotopic (exact) mass is 294 g/mol. The molecular weight excluding hydrogens is 267 g/mol. The SMILES string of the molecule is CCNC(c1cc(F)ccc1C)C(C)(C)N1CCOCC1. The molecule has 2 rings (SSSR count). The first-order valence-corrected chi connectivity index (χ1v) is 7.79. The highest BCUT2D eigenvalue weighted by atomic mass is 19.1. The van der Waals surface area contributed by atoms with Crippen molar-refractivity contribution >= 4 is 0 Å². The summed E-state index contributed by atoms with van der Waals surface area (Å²) in [5.41, 5.74) is 2.08. The minimum absolute atomic E-state index is 0.0938. The van der Waals surface area contributed by atoms with Crippen molar-refractivity contribution in [3.8, 4) is 0 Å². The van der Waals surface area contributed by atoms with Crippen molar-refractivity contribution in [2.45, 2.75) is 39.3 Å². The lowest BCUT2D eigenvalue weighted by molar-refractivity contribution is -0.0237. The summed E-state index contributed by atoms with van der Waals surface area (Å²) in [6.45, 7) is 12.8. The first kappa shape index (κ1) is 16.4. The second kappa shape index (κ2) is 6.86. The molecule has 1 N–H and O–H groups in total. The molecule has 1 aromatic carbocycles. The maximum absolute atomic E-state index is 13.7. The zero-order valence-electron chi connectivity index (χ0n) is 13.6. The highest BCUT2D eigenvalue weighted by Gasteiger charge is 2.37. The molecule has 118 valence electrons. The number of benzene rings is 1. The Morgan fingerprint density at radius 1 is 1.33 bits per heavy atom. The highest BCUT2D eigenvalue weighted by molar-refractivity contribution is 5.32. The molecule has 1 saturated heterocycles. The van der Waals surface area contributed by atoms with Gasteiger partial charge >= 0.3 is 0 Å². The summed E-state index contributed by atoms with van der Waals surface area (Å²) >= 11 is 0. The third-order valence-electron chi connectivity index (χ3n) is 4.49. The van der Waals surface area contributed by atoms with Gasteiger partial charge in [-0.2, -0.15) is 0 Å². The van der Waals surface area contributed by atoms with Crippen LogP contribution in [0.25, 0.3) is 0 Å². The molecule has 1 aliphatic rings. The molecule has 1 heterocycles. The molecule has 1 fully saturated rings. The summed E-state index contributed by atoms with van der Waals surface area (Å²) in [6, 6.07) is 5.16. The average molecular weight is 294 g/mol. The third kappa shape index (κ3) is 3.62. The van der Waals surface area contributed by atoms with E-state index in [1.807, 2.05) is 6.07 Å². The van der Waals surface area contributed by atoms with Gasteiger partial charge in [-0.3, -0.25) is 4.90 Å². The highest BCUT2D eigenvalue weighted by Crippen LogP contribution is 2.33. The molecule has 1 aromatic rings. The van der Waals surface area contributed by atoms with E-state index < -0.39 is 0 Å². The molecule has 1 aliphatic heterocycles. The molecule has 0 saturated carbocycles. The second-order valence-electron chi connectivity index (χ2n) is 6.24. The molecule has 4 heteroatoms. The lowest BCUT2D eigenvalue weighted by Gasteiger charge is -2.46. The van der Waals surface area contributed by atoms with Crippen LogP contribution < -0.4 is 5.32 Å². The lowest BCUT2D eigenvalue weighted by Crippen LogP contribution is -2.56. The Balaban J connectivity index is 2.34. The number of morpholine rings is 1. The van der Waals surface area contributed by atoms with E-state index in [4.69, 9.17) is 4.74 Å². The molecule has 0 spiro atoms. The van der Waals surface area contributed by atoms with Gasteiger partial charge in [0.15, 0.2) is 0 Å². The van der Waals surface area contributed by atoms with Crippen LogP contribution in [0.15, 0.2) is 18.2 Å². The van der Waals surface area contributed by atoms with Crippen LogP contribution >= 0.6 is 0 Å². The van der Waals surface area contributed by atoms with Gasteiger partial charge < -0.3 is 10.1 Å². The molecule has 0 aromatic heterocycles. The number of hydrogen-bond donors (Lipinski definition) is 1. The molecule has 0 amide bonds. The summed E-state index contributed by atoms with van der Waals surface area (Å²) < 4.78 is 19.2. The molecule has 0 radical (unpaired) electrons. The fraction of sp³-hybridized carbons (Fsp3) is 0.647. The van der Waals surface area contributed by atoms with E-state index in [1.54, 1.807) is 6.07 Å². The van der Waals surface area contributed by atoms with Gasteiger partial charge in [-0.15, -0.1) is 0 Å². The number of hydrogen-bond acceptors (Lipinski definition) is 3. The number of halogens is 1. The third-order valence-corrected chi connectivity index (χ3v) is 4.49. The van der Waals surface area contributed by atoms with Crippen molar-refractivity contribution in [1.82, 2.24) is 10.2 Å². The van der Waals surface area contributed by atoms with Gasteiger partial charge in [0.1, 0.15) is 5.82 Å². The van der Waals surface area contributed by atoms with E-state index >= 15 is 0 Å². The normalized spacial score (nSPS) is 18.7. The standard InChI is InChI=1S/C17H27FN2O/c1-5-19-16(15-12-14(18)7-6-13(15)2)17(3,4)20-8-10-21-11-9-20/h6-7,12,16,19H,5,8-11H2,1-4H3. The molecule has 21 heavy (non-hydrogen) atoms. The van der Waals surface area contributed by atoms with Crippen molar-refractivity contribution in [1.29, 1.82) is 0 Å². The Morgan fingerprint density at radius 3 is 2.62 bits per heavy atom. The largest absolute Gasteiger partial charge is 0.379 e. The van der Waals surface area contributed by atoms with Crippen molar-refractivity contribution in [2.75, 3.05) is 32.8 Å². The molecule has 0 bridgehead atoms. The zero-order valence-corrected chi connectivity index (χ0v) is 13.6. The Morgan fingerprint density at radius 2 is 2.00 bits per heavy atom. The van der Waals surface area contributed by atoms with Gasteiger partial charge in [-0.05, 0) is 50.6 Å². The maximum atomic E-state index is 13.7. The van der Waals surface area contributed by atoms with E-state index in [1.165, 1.54) is 6.07 Å². The van der Waals surface area contributed by atoms with Crippen molar-refractivity contribution in [3.05, 3.63) is 35.1 Å². The minimum atomic E-state index is -0.170. The number of ether oxygens (including phenoxy) is 1. The predicted molar refractivity (Wildman–Crippen MR) is 84.0 cm³/mol. The van der Waals surface area contributed by atoms with Crippen LogP contribution in [0.1, 0.15) is 37.9 Å². The maximum Gasteiger partial charge on any atom is 0.123 e. The zero-order chi connectivity index (χ0) is 15.5. The number of aryl methyl sites for hydroxylation is 1. The van der Waals surface area contributed by atoms with Gasteiger partial charge in [0.25, 0.3) is 0 Å². The molecule has 1 atom stereocenters. The Hall–Kier alpha value is -0.970. The molecule has 1 unspecified atom stereocenters. The van der Waals surface area contributed by atoms with Crippen molar-refractivity contribution in [2.24, 2.45) is 0 Å². The van der Waals surface area contributed by atoms with Gasteiger partial charge in [0.05, 0.1) is 19.3 Å². The van der Waals surface area contributed by atoms with Crippen LogP contribution in [0.5, 0.6) is 0 Å². The summed E-state index contributed by atoms with van der Waals surface area (Å²) in [5, 5.41) is 3.56. The Kier molecular flexibility index (Phi) is 5.36. The van der Waals surface area contributed by atoms with Gasteiger partial charge in [-0.1, -0.05) is 13.0 Å². The lowest BCUT2D eigenvalue weighted by atomic mass is 9.84. The molecule has 3 nitrogen and oxygen atoms in total. The second-order valence-corrected chi connectivity index (χ2v) is 6.24. The first-order chi connectivity index (χ1) is 9.96. The van der Waals surface area contributed by atoms with Crippen LogP contribution in [0.2, 0.25) is 0 Å².